The molecule has 31 heavy (non-hydrogen) atoms. The van der Waals surface area contributed by atoms with Crippen molar-refractivity contribution < 1.29 is 15.0 Å². The quantitative estimate of drug-likeness (QED) is 0.399. The molecule has 0 amide bonds. The van der Waals surface area contributed by atoms with Crippen molar-refractivity contribution in [3.63, 3.8) is 0 Å². The molecule has 152 valence electrons. The molecule has 0 unspecified atom stereocenters. The van der Waals surface area contributed by atoms with Crippen molar-refractivity contribution in [2.24, 2.45) is 0 Å². The fourth-order valence-corrected chi connectivity index (χ4v) is 5.17. The largest absolute Gasteiger partial charge is 0.508 e. The number of hydrogen-bond acceptors (Lipinski definition) is 3. The summed E-state index contributed by atoms with van der Waals surface area (Å²) in [5.41, 5.74) is 6.21. The lowest BCUT2D eigenvalue weighted by Gasteiger charge is -2.43. The van der Waals surface area contributed by atoms with Gasteiger partial charge in [0.2, 0.25) is 0 Å². The zero-order valence-electron chi connectivity index (χ0n) is 17.4. The molecule has 1 aliphatic carbocycles. The second-order valence-electron chi connectivity index (χ2n) is 8.17. The van der Waals surface area contributed by atoms with Crippen LogP contribution in [0, 0.1) is 13.8 Å². The van der Waals surface area contributed by atoms with Crippen molar-refractivity contribution >= 4 is 5.78 Å². The van der Waals surface area contributed by atoms with E-state index in [0.717, 1.165) is 33.4 Å². The van der Waals surface area contributed by atoms with Crippen LogP contribution >= 0.6 is 0 Å². The van der Waals surface area contributed by atoms with Crippen molar-refractivity contribution in [1.29, 1.82) is 0 Å². The molecule has 5 rings (SSSR count). The summed E-state index contributed by atoms with van der Waals surface area (Å²) in [4.78, 5) is 13.5. The first-order valence-electron chi connectivity index (χ1n) is 10.3. The number of hydrogen-bond donors (Lipinski definition) is 2. The average Bonchev–Trinajstić information content (AvgIpc) is 2.76. The van der Waals surface area contributed by atoms with Crippen molar-refractivity contribution in [2.45, 2.75) is 19.3 Å². The van der Waals surface area contributed by atoms with E-state index in [1.807, 2.05) is 74.5 Å². The minimum absolute atomic E-state index is 0.00897. The molecule has 0 fully saturated rings. The Morgan fingerprint density at radius 2 is 1.00 bits per heavy atom. The monoisotopic (exact) mass is 406 g/mol. The van der Waals surface area contributed by atoms with Crippen molar-refractivity contribution in [2.75, 3.05) is 0 Å². The van der Waals surface area contributed by atoms with Crippen LogP contribution < -0.4 is 0 Å². The van der Waals surface area contributed by atoms with Gasteiger partial charge in [-0.2, -0.15) is 0 Å². The number of fused-ring (bicyclic) bond motifs is 2. The number of carbonyl (C=O) groups is 1. The third kappa shape index (κ3) is 2.63. The summed E-state index contributed by atoms with van der Waals surface area (Å²) in [6.07, 6.45) is 0. The normalized spacial score (nSPS) is 14.1. The summed E-state index contributed by atoms with van der Waals surface area (Å²) in [5.74, 6) is 0.411. The predicted octanol–water partition coefficient (Wildman–Crippen LogP) is 5.64. The Hall–Kier alpha value is -3.85. The minimum atomic E-state index is -0.767. The molecule has 0 spiro atoms. The summed E-state index contributed by atoms with van der Waals surface area (Å²) in [6, 6.07) is 26.3. The zero-order chi connectivity index (χ0) is 21.8. The van der Waals surface area contributed by atoms with E-state index in [2.05, 4.69) is 0 Å². The van der Waals surface area contributed by atoms with E-state index in [9.17, 15) is 15.0 Å². The van der Waals surface area contributed by atoms with Gasteiger partial charge in [0.05, 0.1) is 5.41 Å². The molecule has 0 radical (unpaired) electrons. The molecule has 0 aromatic heterocycles. The first-order valence-corrected chi connectivity index (χ1v) is 10.3. The molecule has 3 nitrogen and oxygen atoms in total. The summed E-state index contributed by atoms with van der Waals surface area (Å²) in [6.45, 7) is 3.96. The van der Waals surface area contributed by atoms with Crippen LogP contribution in [0.4, 0.5) is 0 Å². The first kappa shape index (κ1) is 19.1. The number of ketones is 1. The van der Waals surface area contributed by atoms with Crippen LogP contribution in [0.25, 0.3) is 0 Å². The third-order valence-electron chi connectivity index (χ3n) is 6.38. The second-order valence-corrected chi connectivity index (χ2v) is 8.17. The molecule has 0 bridgehead atoms. The molecule has 0 aliphatic heterocycles. The second kappa shape index (κ2) is 6.85. The highest BCUT2D eigenvalue weighted by atomic mass is 16.3. The van der Waals surface area contributed by atoms with E-state index in [-0.39, 0.29) is 17.3 Å². The van der Waals surface area contributed by atoms with Gasteiger partial charge in [-0.1, -0.05) is 60.7 Å². The standard InChI is InChI=1S/C28H22O3/c1-17-15-19(29)11-13-23(17)28(24-14-12-20(30)16-18(24)2)25-9-5-3-7-21(25)27(31)22-8-4-6-10-26(22)28/h3-16,29-30H,1-2H3. The van der Waals surface area contributed by atoms with E-state index < -0.39 is 5.41 Å². The summed E-state index contributed by atoms with van der Waals surface area (Å²) in [7, 11) is 0. The first-order chi connectivity index (χ1) is 14.9. The van der Waals surface area contributed by atoms with E-state index >= 15 is 0 Å². The van der Waals surface area contributed by atoms with E-state index in [4.69, 9.17) is 0 Å². The molecule has 0 saturated heterocycles. The number of rotatable bonds is 2. The van der Waals surface area contributed by atoms with Gasteiger partial charge in [-0.3, -0.25) is 4.79 Å². The van der Waals surface area contributed by atoms with E-state index in [1.54, 1.807) is 24.3 Å². The highest BCUT2D eigenvalue weighted by Crippen LogP contribution is 2.52. The zero-order valence-corrected chi connectivity index (χ0v) is 17.4. The lowest BCUT2D eigenvalue weighted by atomic mass is 9.58. The van der Waals surface area contributed by atoms with Crippen LogP contribution in [0.1, 0.15) is 49.3 Å². The van der Waals surface area contributed by atoms with Crippen molar-refractivity contribution in [3.8, 4) is 11.5 Å². The molecule has 0 saturated carbocycles. The Labute approximate surface area is 181 Å². The van der Waals surface area contributed by atoms with Gasteiger partial charge in [-0.05, 0) is 71.5 Å². The molecular formula is C28H22O3. The maximum absolute atomic E-state index is 13.5. The Balaban J connectivity index is 2.04. The number of aryl methyl sites for hydroxylation is 2. The van der Waals surface area contributed by atoms with Crippen LogP contribution in [0.15, 0.2) is 84.9 Å². The third-order valence-corrected chi connectivity index (χ3v) is 6.38. The van der Waals surface area contributed by atoms with Gasteiger partial charge in [-0.15, -0.1) is 0 Å². The average molecular weight is 406 g/mol. The van der Waals surface area contributed by atoms with Crippen LogP contribution in [0.5, 0.6) is 11.5 Å². The molecule has 4 aromatic carbocycles. The molecule has 3 heteroatoms. The van der Waals surface area contributed by atoms with Crippen LogP contribution in [-0.4, -0.2) is 16.0 Å². The fraction of sp³-hybridized carbons (Fsp3) is 0.107. The summed E-state index contributed by atoms with van der Waals surface area (Å²) < 4.78 is 0. The molecule has 0 heterocycles. The van der Waals surface area contributed by atoms with Gasteiger partial charge in [-0.25, -0.2) is 0 Å². The highest BCUT2D eigenvalue weighted by molar-refractivity contribution is 6.14. The molecule has 1 aliphatic rings. The number of benzene rings is 4. The number of carbonyl (C=O) groups excluding carboxylic acids is 1. The van der Waals surface area contributed by atoms with Gasteiger partial charge in [0.25, 0.3) is 0 Å². The maximum atomic E-state index is 13.5. The SMILES string of the molecule is Cc1cc(O)ccc1C1(c2ccc(O)cc2C)c2ccccc2C(=O)c2ccccc21. The maximum Gasteiger partial charge on any atom is 0.193 e. The number of phenolic OH excluding ortho intramolecular Hbond substituents is 2. The number of aromatic hydroxyl groups is 2. The Bertz CT molecular complexity index is 1250. The van der Waals surface area contributed by atoms with E-state index in [0.29, 0.717) is 11.1 Å². The topological polar surface area (TPSA) is 57.5 Å². The van der Waals surface area contributed by atoms with Gasteiger partial charge in [0, 0.05) is 11.1 Å². The molecular weight excluding hydrogens is 384 g/mol. The summed E-state index contributed by atoms with van der Waals surface area (Å²) >= 11 is 0. The van der Waals surface area contributed by atoms with Crippen molar-refractivity contribution in [1.82, 2.24) is 0 Å². The Kier molecular flexibility index (Phi) is 4.23. The van der Waals surface area contributed by atoms with Gasteiger partial charge in [0.1, 0.15) is 11.5 Å². The smallest absolute Gasteiger partial charge is 0.193 e. The lowest BCUT2D eigenvalue weighted by molar-refractivity contribution is 0.103. The van der Waals surface area contributed by atoms with Crippen LogP contribution in [0.3, 0.4) is 0 Å². The Morgan fingerprint density at radius 3 is 1.42 bits per heavy atom. The van der Waals surface area contributed by atoms with E-state index in [1.165, 1.54) is 0 Å². The minimum Gasteiger partial charge on any atom is -0.508 e. The number of phenols is 2. The molecule has 2 N–H and O–H groups in total. The lowest BCUT2D eigenvalue weighted by Crippen LogP contribution is -2.39. The molecule has 4 aromatic rings. The van der Waals surface area contributed by atoms with Crippen LogP contribution in [-0.2, 0) is 5.41 Å². The summed E-state index contributed by atoms with van der Waals surface area (Å²) in [5, 5.41) is 20.3. The molecule has 0 atom stereocenters. The Morgan fingerprint density at radius 1 is 0.581 bits per heavy atom. The van der Waals surface area contributed by atoms with Crippen LogP contribution in [0.2, 0.25) is 0 Å². The van der Waals surface area contributed by atoms with Gasteiger partial charge < -0.3 is 10.2 Å². The predicted molar refractivity (Wildman–Crippen MR) is 121 cm³/mol. The van der Waals surface area contributed by atoms with Crippen molar-refractivity contribution in [3.05, 3.63) is 129 Å². The highest BCUT2D eigenvalue weighted by Gasteiger charge is 2.47. The van der Waals surface area contributed by atoms with Gasteiger partial charge in [0.15, 0.2) is 5.78 Å². The van der Waals surface area contributed by atoms with Gasteiger partial charge >= 0.3 is 0 Å². The fourth-order valence-electron chi connectivity index (χ4n) is 5.17.